The third kappa shape index (κ3) is 2.74. The number of nitrogens with zero attached hydrogens (tertiary/aromatic N) is 2. The number of hydrogen-bond donors (Lipinski definition) is 1. The molecule has 0 aliphatic carbocycles. The summed E-state index contributed by atoms with van der Waals surface area (Å²) in [6.07, 6.45) is 3.23. The highest BCUT2D eigenvalue weighted by Crippen LogP contribution is 2.21. The molecule has 2 unspecified atom stereocenters. The van der Waals surface area contributed by atoms with Crippen molar-refractivity contribution < 1.29 is 9.90 Å². The highest BCUT2D eigenvalue weighted by molar-refractivity contribution is 5.76. The molecular weight excluding hydrogens is 204 g/mol. The number of hydrogen-bond acceptors (Lipinski definition) is 3. The van der Waals surface area contributed by atoms with Crippen LogP contribution in [-0.4, -0.2) is 59.1 Å². The summed E-state index contributed by atoms with van der Waals surface area (Å²) in [4.78, 5) is 16.4. The maximum Gasteiger partial charge on any atom is 0.222 e. The second-order valence-electron chi connectivity index (χ2n) is 5.06. The zero-order valence-electron chi connectivity index (χ0n) is 10.1. The lowest BCUT2D eigenvalue weighted by atomic mass is 10.1. The Morgan fingerprint density at radius 3 is 3.00 bits per heavy atom. The zero-order chi connectivity index (χ0) is 11.5. The Morgan fingerprint density at radius 1 is 1.44 bits per heavy atom. The molecule has 4 heteroatoms. The van der Waals surface area contributed by atoms with Crippen molar-refractivity contribution in [2.45, 2.75) is 44.8 Å². The Kier molecular flexibility index (Phi) is 3.82. The predicted octanol–water partition coefficient (Wildman–Crippen LogP) is 0.454. The molecule has 2 heterocycles. The van der Waals surface area contributed by atoms with Crippen molar-refractivity contribution >= 4 is 5.91 Å². The van der Waals surface area contributed by atoms with Gasteiger partial charge in [0.25, 0.3) is 0 Å². The predicted molar refractivity (Wildman–Crippen MR) is 62.1 cm³/mol. The summed E-state index contributed by atoms with van der Waals surface area (Å²) in [7, 11) is 0. The number of amides is 1. The molecule has 0 aromatic carbocycles. The van der Waals surface area contributed by atoms with E-state index in [0.29, 0.717) is 18.9 Å². The standard InChI is InChI=1S/C12H22N2O2/c1-10(15)4-5-12(16)14-8-7-13-6-2-3-11(13)9-14/h10-11,15H,2-9H2,1H3. The SMILES string of the molecule is CC(O)CCC(=O)N1CCN2CCCC2C1. The molecule has 0 bridgehead atoms. The van der Waals surface area contributed by atoms with Gasteiger partial charge >= 0.3 is 0 Å². The monoisotopic (exact) mass is 226 g/mol. The van der Waals surface area contributed by atoms with Crippen molar-refractivity contribution in [2.24, 2.45) is 0 Å². The molecule has 2 aliphatic heterocycles. The molecule has 0 saturated carbocycles. The molecule has 2 saturated heterocycles. The normalized spacial score (nSPS) is 27.9. The van der Waals surface area contributed by atoms with Crippen LogP contribution in [0.1, 0.15) is 32.6 Å². The van der Waals surface area contributed by atoms with E-state index in [4.69, 9.17) is 0 Å². The first kappa shape index (κ1) is 11.9. The number of carbonyl (C=O) groups excluding carboxylic acids is 1. The molecule has 0 aromatic rings. The molecule has 1 N–H and O–H groups in total. The number of aliphatic hydroxyl groups excluding tert-OH is 1. The van der Waals surface area contributed by atoms with Crippen LogP contribution in [0.15, 0.2) is 0 Å². The maximum atomic E-state index is 11.9. The smallest absolute Gasteiger partial charge is 0.222 e. The van der Waals surface area contributed by atoms with Crippen LogP contribution in [-0.2, 0) is 4.79 Å². The van der Waals surface area contributed by atoms with E-state index in [1.165, 1.54) is 19.4 Å². The minimum atomic E-state index is -0.364. The van der Waals surface area contributed by atoms with Crippen molar-refractivity contribution in [2.75, 3.05) is 26.2 Å². The van der Waals surface area contributed by atoms with Crippen molar-refractivity contribution in [1.29, 1.82) is 0 Å². The van der Waals surface area contributed by atoms with Gasteiger partial charge in [-0.3, -0.25) is 9.69 Å². The van der Waals surface area contributed by atoms with Crippen LogP contribution in [0.2, 0.25) is 0 Å². The second kappa shape index (κ2) is 5.15. The van der Waals surface area contributed by atoms with Gasteiger partial charge in [-0.2, -0.15) is 0 Å². The molecule has 0 aromatic heterocycles. The molecule has 0 spiro atoms. The molecule has 2 rings (SSSR count). The highest BCUT2D eigenvalue weighted by Gasteiger charge is 2.32. The first-order chi connectivity index (χ1) is 7.66. The number of rotatable bonds is 3. The van der Waals surface area contributed by atoms with Gasteiger partial charge in [-0.15, -0.1) is 0 Å². The first-order valence-corrected chi connectivity index (χ1v) is 6.36. The molecule has 2 aliphatic rings. The number of carbonyl (C=O) groups is 1. The summed E-state index contributed by atoms with van der Waals surface area (Å²) in [5.74, 6) is 0.215. The Hall–Kier alpha value is -0.610. The van der Waals surface area contributed by atoms with Gasteiger partial charge in [-0.1, -0.05) is 0 Å². The molecule has 4 nitrogen and oxygen atoms in total. The van der Waals surface area contributed by atoms with E-state index in [9.17, 15) is 9.90 Å². The van der Waals surface area contributed by atoms with Crippen molar-refractivity contribution in [1.82, 2.24) is 9.80 Å². The Morgan fingerprint density at radius 2 is 2.25 bits per heavy atom. The molecule has 16 heavy (non-hydrogen) atoms. The third-order valence-corrected chi connectivity index (χ3v) is 3.72. The quantitative estimate of drug-likeness (QED) is 0.760. The van der Waals surface area contributed by atoms with Crippen LogP contribution in [0.25, 0.3) is 0 Å². The fourth-order valence-electron chi connectivity index (χ4n) is 2.71. The lowest BCUT2D eigenvalue weighted by Gasteiger charge is -2.37. The van der Waals surface area contributed by atoms with Crippen molar-refractivity contribution in [3.63, 3.8) is 0 Å². The summed E-state index contributed by atoms with van der Waals surface area (Å²) in [6, 6.07) is 0.601. The average molecular weight is 226 g/mol. The largest absolute Gasteiger partial charge is 0.393 e. The van der Waals surface area contributed by atoms with Gasteiger partial charge in [-0.25, -0.2) is 0 Å². The molecule has 1 amide bonds. The lowest BCUT2D eigenvalue weighted by Crippen LogP contribution is -2.52. The van der Waals surface area contributed by atoms with Gasteiger partial charge in [-0.05, 0) is 32.7 Å². The van der Waals surface area contributed by atoms with Crippen molar-refractivity contribution in [3.8, 4) is 0 Å². The van der Waals surface area contributed by atoms with E-state index in [1.54, 1.807) is 6.92 Å². The van der Waals surface area contributed by atoms with Gasteiger partial charge < -0.3 is 10.0 Å². The Balaban J connectivity index is 1.79. The summed E-state index contributed by atoms with van der Waals surface area (Å²) < 4.78 is 0. The van der Waals surface area contributed by atoms with Crippen molar-refractivity contribution in [3.05, 3.63) is 0 Å². The lowest BCUT2D eigenvalue weighted by molar-refractivity contribution is -0.134. The Bertz CT molecular complexity index is 255. The maximum absolute atomic E-state index is 11.9. The van der Waals surface area contributed by atoms with Crippen LogP contribution < -0.4 is 0 Å². The fraction of sp³-hybridized carbons (Fsp3) is 0.917. The van der Waals surface area contributed by atoms with Gasteiger partial charge in [0.15, 0.2) is 0 Å². The van der Waals surface area contributed by atoms with Gasteiger partial charge in [0.1, 0.15) is 0 Å². The topological polar surface area (TPSA) is 43.8 Å². The second-order valence-corrected chi connectivity index (χ2v) is 5.06. The molecule has 2 atom stereocenters. The van der Waals surface area contributed by atoms with E-state index in [0.717, 1.165) is 19.6 Å². The van der Waals surface area contributed by atoms with E-state index in [-0.39, 0.29) is 12.0 Å². The molecule has 2 fully saturated rings. The third-order valence-electron chi connectivity index (χ3n) is 3.72. The van der Waals surface area contributed by atoms with E-state index < -0.39 is 0 Å². The summed E-state index contributed by atoms with van der Waals surface area (Å²) in [5, 5.41) is 9.17. The summed E-state index contributed by atoms with van der Waals surface area (Å²) in [5.41, 5.74) is 0. The van der Waals surface area contributed by atoms with E-state index in [2.05, 4.69) is 4.90 Å². The van der Waals surface area contributed by atoms with Gasteiger partial charge in [0.2, 0.25) is 5.91 Å². The number of aliphatic hydroxyl groups is 1. The minimum Gasteiger partial charge on any atom is -0.393 e. The fourth-order valence-corrected chi connectivity index (χ4v) is 2.71. The molecule has 92 valence electrons. The number of piperazine rings is 1. The van der Waals surface area contributed by atoms with Crippen LogP contribution in [0, 0.1) is 0 Å². The summed E-state index contributed by atoms with van der Waals surface area (Å²) in [6.45, 7) is 5.75. The van der Waals surface area contributed by atoms with Crippen LogP contribution in [0.5, 0.6) is 0 Å². The summed E-state index contributed by atoms with van der Waals surface area (Å²) >= 11 is 0. The first-order valence-electron chi connectivity index (χ1n) is 6.36. The molecular formula is C12H22N2O2. The Labute approximate surface area is 97.2 Å². The minimum absolute atomic E-state index is 0.215. The zero-order valence-corrected chi connectivity index (χ0v) is 10.1. The highest BCUT2D eigenvalue weighted by atomic mass is 16.3. The van der Waals surface area contributed by atoms with E-state index >= 15 is 0 Å². The average Bonchev–Trinajstić information content (AvgIpc) is 2.72. The van der Waals surface area contributed by atoms with Crippen LogP contribution in [0.3, 0.4) is 0 Å². The molecule has 0 radical (unpaired) electrons. The van der Waals surface area contributed by atoms with E-state index in [1.807, 2.05) is 4.90 Å². The van der Waals surface area contributed by atoms with Gasteiger partial charge in [0.05, 0.1) is 6.10 Å². The number of fused-ring (bicyclic) bond motifs is 1. The van der Waals surface area contributed by atoms with Crippen LogP contribution >= 0.6 is 0 Å². The van der Waals surface area contributed by atoms with Gasteiger partial charge in [0, 0.05) is 32.1 Å². The van der Waals surface area contributed by atoms with Crippen LogP contribution in [0.4, 0.5) is 0 Å².